The van der Waals surface area contributed by atoms with Crippen molar-refractivity contribution in [2.75, 3.05) is 6.54 Å². The molecule has 0 amide bonds. The quantitative estimate of drug-likeness (QED) is 0.863. The van der Waals surface area contributed by atoms with Crippen molar-refractivity contribution in [2.24, 2.45) is 0 Å². The van der Waals surface area contributed by atoms with Crippen LogP contribution in [0.2, 0.25) is 5.02 Å². The molecule has 1 atom stereocenters. The second-order valence-electron chi connectivity index (χ2n) is 4.69. The van der Waals surface area contributed by atoms with E-state index in [1.165, 1.54) is 0 Å². The van der Waals surface area contributed by atoms with Crippen molar-refractivity contribution in [2.45, 2.75) is 25.3 Å². The van der Waals surface area contributed by atoms with Crippen LogP contribution in [0.15, 0.2) is 28.7 Å². The van der Waals surface area contributed by atoms with Crippen LogP contribution in [0.1, 0.15) is 29.8 Å². The summed E-state index contributed by atoms with van der Waals surface area (Å²) < 4.78 is 5.56. The molecule has 1 aromatic heterocycles. The number of rotatable bonds is 3. The monoisotopic (exact) mass is 263 g/mol. The van der Waals surface area contributed by atoms with Crippen molar-refractivity contribution in [1.82, 2.24) is 5.32 Å². The molecular weight excluding hydrogens is 250 g/mol. The maximum Gasteiger partial charge on any atom is 0.199 e. The number of nitrogens with one attached hydrogen (secondary N) is 1. The molecule has 1 fully saturated rings. The third-order valence-corrected chi connectivity index (χ3v) is 3.66. The molecule has 1 aliphatic rings. The van der Waals surface area contributed by atoms with Crippen LogP contribution in [0.4, 0.5) is 0 Å². The topological polar surface area (TPSA) is 42.2 Å². The molecule has 2 heterocycles. The normalized spacial score (nSPS) is 19.5. The van der Waals surface area contributed by atoms with Gasteiger partial charge < -0.3 is 9.73 Å². The molecule has 4 heteroatoms. The minimum atomic E-state index is 0.0432. The minimum Gasteiger partial charge on any atom is -0.451 e. The number of benzene rings is 1. The Morgan fingerprint density at radius 3 is 3.11 bits per heavy atom. The molecule has 1 saturated heterocycles. The zero-order chi connectivity index (χ0) is 12.5. The van der Waals surface area contributed by atoms with Crippen molar-refractivity contribution in [1.29, 1.82) is 0 Å². The molecular formula is C14H14ClNO2. The predicted octanol–water partition coefficient (Wildman–Crippen LogP) is 3.41. The van der Waals surface area contributed by atoms with Gasteiger partial charge in [-0.1, -0.05) is 23.7 Å². The zero-order valence-corrected chi connectivity index (χ0v) is 10.7. The molecule has 94 valence electrons. The molecule has 0 aliphatic carbocycles. The van der Waals surface area contributed by atoms with Gasteiger partial charge in [-0.3, -0.25) is 4.79 Å². The maximum absolute atomic E-state index is 12.1. The summed E-state index contributed by atoms with van der Waals surface area (Å²) in [6.45, 7) is 1.00. The van der Waals surface area contributed by atoms with Gasteiger partial charge in [0.1, 0.15) is 0 Å². The molecule has 0 saturated carbocycles. The first-order chi connectivity index (χ1) is 8.74. The van der Waals surface area contributed by atoms with Crippen LogP contribution in [-0.4, -0.2) is 18.4 Å². The van der Waals surface area contributed by atoms with Gasteiger partial charge in [0.05, 0.1) is 5.02 Å². The third kappa shape index (κ3) is 2.16. The van der Waals surface area contributed by atoms with Crippen molar-refractivity contribution in [3.8, 4) is 0 Å². The predicted molar refractivity (Wildman–Crippen MR) is 71.2 cm³/mol. The second-order valence-corrected chi connectivity index (χ2v) is 5.10. The van der Waals surface area contributed by atoms with E-state index in [9.17, 15) is 4.79 Å². The van der Waals surface area contributed by atoms with Crippen LogP contribution in [-0.2, 0) is 0 Å². The van der Waals surface area contributed by atoms with Gasteiger partial charge >= 0.3 is 0 Å². The summed E-state index contributed by atoms with van der Waals surface area (Å²) in [6.07, 6.45) is 2.70. The number of para-hydroxylation sites is 1. The largest absolute Gasteiger partial charge is 0.451 e. The summed E-state index contributed by atoms with van der Waals surface area (Å²) in [4.78, 5) is 12.1. The van der Waals surface area contributed by atoms with Crippen LogP contribution in [0, 0.1) is 0 Å². The van der Waals surface area contributed by atoms with E-state index >= 15 is 0 Å². The number of ketones is 1. The molecule has 1 N–H and O–H groups in total. The van der Waals surface area contributed by atoms with Gasteiger partial charge in [0.25, 0.3) is 0 Å². The summed E-state index contributed by atoms with van der Waals surface area (Å²) in [5.74, 6) is 0.452. The van der Waals surface area contributed by atoms with Gasteiger partial charge in [0.2, 0.25) is 0 Å². The smallest absolute Gasteiger partial charge is 0.199 e. The molecule has 2 aromatic rings. The molecule has 3 nitrogen and oxygen atoms in total. The number of fused-ring (bicyclic) bond motifs is 1. The van der Waals surface area contributed by atoms with Crippen LogP contribution in [0.3, 0.4) is 0 Å². The fourth-order valence-electron chi connectivity index (χ4n) is 2.42. The summed E-state index contributed by atoms with van der Waals surface area (Å²) in [7, 11) is 0. The maximum atomic E-state index is 12.1. The first-order valence-electron chi connectivity index (χ1n) is 6.19. The standard InChI is InChI=1S/C14H14ClNO2/c15-11-5-1-3-9-7-13(18-14(9)11)12(17)8-10-4-2-6-16-10/h1,3,5,7,10,16H,2,4,6,8H2. The fourth-order valence-corrected chi connectivity index (χ4v) is 2.64. The highest BCUT2D eigenvalue weighted by Crippen LogP contribution is 2.27. The Hall–Kier alpha value is -1.32. The number of carbonyl (C=O) groups is 1. The van der Waals surface area contributed by atoms with Gasteiger partial charge in [0, 0.05) is 17.8 Å². The molecule has 3 rings (SSSR count). The highest BCUT2D eigenvalue weighted by Gasteiger charge is 2.21. The molecule has 1 unspecified atom stereocenters. The Bertz CT molecular complexity index is 584. The molecule has 1 aliphatic heterocycles. The average molecular weight is 264 g/mol. The summed E-state index contributed by atoms with van der Waals surface area (Å²) in [6, 6.07) is 7.59. The highest BCUT2D eigenvalue weighted by atomic mass is 35.5. The number of hydrogen-bond acceptors (Lipinski definition) is 3. The Balaban J connectivity index is 1.85. The van der Waals surface area contributed by atoms with E-state index in [0.29, 0.717) is 28.8 Å². The highest BCUT2D eigenvalue weighted by molar-refractivity contribution is 6.34. The van der Waals surface area contributed by atoms with Crippen molar-refractivity contribution in [3.05, 3.63) is 35.0 Å². The van der Waals surface area contributed by atoms with Gasteiger partial charge in [-0.15, -0.1) is 0 Å². The van der Waals surface area contributed by atoms with Crippen molar-refractivity contribution < 1.29 is 9.21 Å². The number of hydrogen-bond donors (Lipinski definition) is 1. The zero-order valence-electron chi connectivity index (χ0n) is 9.91. The molecule has 18 heavy (non-hydrogen) atoms. The number of halogens is 1. The van der Waals surface area contributed by atoms with E-state index in [-0.39, 0.29) is 5.78 Å². The fraction of sp³-hybridized carbons (Fsp3) is 0.357. The Labute approximate surface area is 110 Å². The van der Waals surface area contributed by atoms with Gasteiger partial charge in [-0.05, 0) is 31.5 Å². The van der Waals surface area contributed by atoms with Crippen molar-refractivity contribution in [3.63, 3.8) is 0 Å². The lowest BCUT2D eigenvalue weighted by Gasteiger charge is -2.06. The van der Waals surface area contributed by atoms with Crippen LogP contribution < -0.4 is 5.32 Å². The Morgan fingerprint density at radius 1 is 1.50 bits per heavy atom. The lowest BCUT2D eigenvalue weighted by atomic mass is 10.1. The van der Waals surface area contributed by atoms with E-state index < -0.39 is 0 Å². The van der Waals surface area contributed by atoms with Gasteiger partial charge in [-0.25, -0.2) is 0 Å². The lowest BCUT2D eigenvalue weighted by Crippen LogP contribution is -2.24. The van der Waals surface area contributed by atoms with E-state index in [0.717, 1.165) is 24.8 Å². The molecule has 1 aromatic carbocycles. The average Bonchev–Trinajstić information content (AvgIpc) is 2.97. The first-order valence-corrected chi connectivity index (χ1v) is 6.56. The molecule has 0 bridgehead atoms. The summed E-state index contributed by atoms with van der Waals surface area (Å²) in [5.41, 5.74) is 0.599. The van der Waals surface area contributed by atoms with Crippen LogP contribution >= 0.6 is 11.6 Å². The van der Waals surface area contributed by atoms with Crippen LogP contribution in [0.5, 0.6) is 0 Å². The minimum absolute atomic E-state index is 0.0432. The van der Waals surface area contributed by atoms with E-state index in [2.05, 4.69) is 5.32 Å². The second kappa shape index (κ2) is 4.75. The van der Waals surface area contributed by atoms with Gasteiger partial charge in [-0.2, -0.15) is 0 Å². The summed E-state index contributed by atoms with van der Waals surface area (Å²) in [5, 5.41) is 4.74. The first kappa shape index (κ1) is 11.8. The lowest BCUT2D eigenvalue weighted by molar-refractivity contribution is 0.0947. The SMILES string of the molecule is O=C(CC1CCCN1)c1cc2cccc(Cl)c2o1. The number of carbonyl (C=O) groups excluding carboxylic acids is 1. The number of furan rings is 1. The Kier molecular flexibility index (Phi) is 3.10. The molecule has 0 radical (unpaired) electrons. The Morgan fingerprint density at radius 2 is 2.39 bits per heavy atom. The molecule has 0 spiro atoms. The van der Waals surface area contributed by atoms with Crippen LogP contribution in [0.25, 0.3) is 11.0 Å². The third-order valence-electron chi connectivity index (χ3n) is 3.37. The number of Topliss-reactive ketones (excluding diaryl/α,β-unsaturated/α-hetero) is 1. The van der Waals surface area contributed by atoms with Gasteiger partial charge in [0.15, 0.2) is 17.1 Å². The van der Waals surface area contributed by atoms with E-state index in [1.54, 1.807) is 12.1 Å². The van der Waals surface area contributed by atoms with E-state index in [1.807, 2.05) is 12.1 Å². The summed E-state index contributed by atoms with van der Waals surface area (Å²) >= 11 is 6.03. The van der Waals surface area contributed by atoms with Crippen molar-refractivity contribution >= 4 is 28.4 Å². The van der Waals surface area contributed by atoms with E-state index in [4.69, 9.17) is 16.0 Å².